The van der Waals surface area contributed by atoms with Crippen molar-refractivity contribution >= 4 is 0 Å². The highest BCUT2D eigenvalue weighted by Gasteiger charge is 2.21. The lowest BCUT2D eigenvalue weighted by atomic mass is 9.92. The largest absolute Gasteiger partial charge is 0.330 e. The first-order valence-electron chi connectivity index (χ1n) is 10.0. The Kier molecular flexibility index (Phi) is 8.88. The maximum atomic E-state index is 5.63. The topological polar surface area (TPSA) is 44.5 Å². The first-order chi connectivity index (χ1) is 11.2. The van der Waals surface area contributed by atoms with E-state index in [4.69, 9.17) is 5.73 Å². The Labute approximate surface area is 144 Å². The van der Waals surface area contributed by atoms with Gasteiger partial charge in [-0.05, 0) is 89.1 Å². The molecule has 3 atom stereocenters. The molecule has 2 heterocycles. The Morgan fingerprint density at radius 1 is 1.00 bits per heavy atom. The quantitative estimate of drug-likeness (QED) is 0.637. The Balaban J connectivity index is 1.51. The van der Waals surface area contributed by atoms with Gasteiger partial charge in [0.15, 0.2) is 0 Å². The van der Waals surface area contributed by atoms with E-state index in [0.717, 1.165) is 30.7 Å². The van der Waals surface area contributed by atoms with E-state index in [1.54, 1.807) is 0 Å². The van der Waals surface area contributed by atoms with Crippen molar-refractivity contribution in [2.45, 2.75) is 46.0 Å². The molecule has 0 radical (unpaired) electrons. The summed E-state index contributed by atoms with van der Waals surface area (Å²) in [6.07, 6.45) is 6.61. The van der Waals surface area contributed by atoms with Crippen LogP contribution in [-0.4, -0.2) is 68.7 Å². The highest BCUT2D eigenvalue weighted by molar-refractivity contribution is 4.76. The summed E-state index contributed by atoms with van der Waals surface area (Å²) in [6, 6.07) is 0. The molecule has 0 bridgehead atoms. The Hall–Kier alpha value is -0.160. The maximum Gasteiger partial charge on any atom is 0.00218 e. The van der Waals surface area contributed by atoms with Crippen LogP contribution in [0.5, 0.6) is 0 Å². The zero-order valence-corrected chi connectivity index (χ0v) is 15.6. The maximum absolute atomic E-state index is 5.63. The molecule has 2 rings (SSSR count). The predicted molar refractivity (Wildman–Crippen MR) is 99.7 cm³/mol. The van der Waals surface area contributed by atoms with E-state index < -0.39 is 0 Å². The van der Waals surface area contributed by atoms with E-state index >= 15 is 0 Å². The fraction of sp³-hybridized carbons (Fsp3) is 1.00. The van der Waals surface area contributed by atoms with Crippen molar-refractivity contribution in [3.63, 3.8) is 0 Å². The molecule has 0 aromatic heterocycles. The molecule has 136 valence electrons. The van der Waals surface area contributed by atoms with Crippen molar-refractivity contribution in [1.29, 1.82) is 0 Å². The molecule has 3 unspecified atom stereocenters. The van der Waals surface area contributed by atoms with E-state index in [1.807, 2.05) is 0 Å². The summed E-state index contributed by atoms with van der Waals surface area (Å²) in [5.41, 5.74) is 5.63. The number of piperidine rings is 2. The lowest BCUT2D eigenvalue weighted by molar-refractivity contribution is 0.138. The normalized spacial score (nSPS) is 30.7. The molecule has 2 aliphatic heterocycles. The molecule has 2 fully saturated rings. The smallest absolute Gasteiger partial charge is 0.00218 e. The summed E-state index contributed by atoms with van der Waals surface area (Å²) in [7, 11) is 0. The molecular formula is C19H40N4. The standard InChI is InChI=1S/C19H40N4/c1-17-12-18(2)15-23(14-17)11-5-8-21-13-19-6-3-9-22(16-19)10-4-7-20/h17-19,21H,3-16,20H2,1-2H3. The second-order valence-electron chi connectivity index (χ2n) is 8.21. The Morgan fingerprint density at radius 3 is 2.48 bits per heavy atom. The van der Waals surface area contributed by atoms with Gasteiger partial charge in [0.25, 0.3) is 0 Å². The SMILES string of the molecule is CC1CC(C)CN(CCCNCC2CCCN(CCCN)C2)C1. The zero-order valence-electron chi connectivity index (χ0n) is 15.6. The second kappa shape index (κ2) is 10.7. The van der Waals surface area contributed by atoms with Crippen molar-refractivity contribution in [2.24, 2.45) is 23.5 Å². The average molecular weight is 325 g/mol. The number of hydrogen-bond donors (Lipinski definition) is 2. The number of rotatable bonds is 9. The third-order valence-corrected chi connectivity index (χ3v) is 5.49. The first kappa shape index (κ1) is 19.2. The summed E-state index contributed by atoms with van der Waals surface area (Å²) in [5.74, 6) is 2.61. The van der Waals surface area contributed by atoms with Crippen LogP contribution in [-0.2, 0) is 0 Å². The van der Waals surface area contributed by atoms with Crippen LogP contribution in [0.25, 0.3) is 0 Å². The Morgan fingerprint density at radius 2 is 1.74 bits per heavy atom. The summed E-state index contributed by atoms with van der Waals surface area (Å²) < 4.78 is 0. The summed E-state index contributed by atoms with van der Waals surface area (Å²) in [4.78, 5) is 5.29. The molecule has 2 saturated heterocycles. The van der Waals surface area contributed by atoms with Gasteiger partial charge in [-0.25, -0.2) is 0 Å². The number of likely N-dealkylation sites (tertiary alicyclic amines) is 2. The molecule has 23 heavy (non-hydrogen) atoms. The van der Waals surface area contributed by atoms with Crippen molar-refractivity contribution < 1.29 is 0 Å². The molecule has 0 aliphatic carbocycles. The molecular weight excluding hydrogens is 284 g/mol. The van der Waals surface area contributed by atoms with Crippen LogP contribution in [0.3, 0.4) is 0 Å². The van der Waals surface area contributed by atoms with Crippen LogP contribution in [0.1, 0.15) is 46.0 Å². The van der Waals surface area contributed by atoms with Gasteiger partial charge >= 0.3 is 0 Å². The van der Waals surface area contributed by atoms with E-state index in [-0.39, 0.29) is 0 Å². The monoisotopic (exact) mass is 324 g/mol. The van der Waals surface area contributed by atoms with Gasteiger partial charge in [-0.15, -0.1) is 0 Å². The van der Waals surface area contributed by atoms with Gasteiger partial charge in [0.2, 0.25) is 0 Å². The highest BCUT2D eigenvalue weighted by Crippen LogP contribution is 2.20. The summed E-state index contributed by atoms with van der Waals surface area (Å²) in [5, 5.41) is 3.72. The van der Waals surface area contributed by atoms with Crippen LogP contribution in [0.2, 0.25) is 0 Å². The van der Waals surface area contributed by atoms with Crippen molar-refractivity contribution in [2.75, 3.05) is 58.9 Å². The molecule has 0 aromatic rings. The van der Waals surface area contributed by atoms with Gasteiger partial charge < -0.3 is 20.9 Å². The van der Waals surface area contributed by atoms with E-state index in [1.165, 1.54) is 78.0 Å². The summed E-state index contributed by atoms with van der Waals surface area (Å²) in [6.45, 7) is 15.6. The Bertz CT molecular complexity index is 300. The minimum Gasteiger partial charge on any atom is -0.330 e. The van der Waals surface area contributed by atoms with Gasteiger partial charge in [-0.1, -0.05) is 13.8 Å². The van der Waals surface area contributed by atoms with Crippen LogP contribution in [0.15, 0.2) is 0 Å². The first-order valence-corrected chi connectivity index (χ1v) is 10.0. The van der Waals surface area contributed by atoms with Crippen LogP contribution >= 0.6 is 0 Å². The molecule has 0 aromatic carbocycles. The summed E-state index contributed by atoms with van der Waals surface area (Å²) >= 11 is 0. The number of nitrogens with two attached hydrogens (primary N) is 1. The van der Waals surface area contributed by atoms with E-state index in [9.17, 15) is 0 Å². The van der Waals surface area contributed by atoms with Crippen LogP contribution in [0.4, 0.5) is 0 Å². The van der Waals surface area contributed by atoms with Crippen molar-refractivity contribution in [3.8, 4) is 0 Å². The van der Waals surface area contributed by atoms with Gasteiger partial charge in [-0.3, -0.25) is 0 Å². The minimum atomic E-state index is 0.827. The van der Waals surface area contributed by atoms with E-state index in [0.29, 0.717) is 0 Å². The van der Waals surface area contributed by atoms with Crippen LogP contribution < -0.4 is 11.1 Å². The molecule has 4 nitrogen and oxygen atoms in total. The minimum absolute atomic E-state index is 0.827. The third-order valence-electron chi connectivity index (χ3n) is 5.49. The number of hydrogen-bond acceptors (Lipinski definition) is 4. The highest BCUT2D eigenvalue weighted by atomic mass is 15.1. The lowest BCUT2D eigenvalue weighted by Crippen LogP contribution is -2.41. The number of nitrogens with one attached hydrogen (secondary N) is 1. The predicted octanol–water partition coefficient (Wildman–Crippen LogP) is 2.00. The second-order valence-corrected chi connectivity index (χ2v) is 8.21. The van der Waals surface area contributed by atoms with Crippen molar-refractivity contribution in [1.82, 2.24) is 15.1 Å². The van der Waals surface area contributed by atoms with E-state index in [2.05, 4.69) is 29.0 Å². The van der Waals surface area contributed by atoms with Crippen molar-refractivity contribution in [3.05, 3.63) is 0 Å². The van der Waals surface area contributed by atoms with Crippen LogP contribution in [0, 0.1) is 17.8 Å². The fourth-order valence-electron chi connectivity index (χ4n) is 4.54. The lowest BCUT2D eigenvalue weighted by Gasteiger charge is -2.35. The molecule has 0 saturated carbocycles. The fourth-order valence-corrected chi connectivity index (χ4v) is 4.54. The molecule has 0 amide bonds. The average Bonchev–Trinajstić information content (AvgIpc) is 2.52. The number of nitrogens with zero attached hydrogens (tertiary/aromatic N) is 2. The molecule has 2 aliphatic rings. The molecule has 0 spiro atoms. The van der Waals surface area contributed by atoms with Gasteiger partial charge in [0, 0.05) is 19.6 Å². The molecule has 4 heteroatoms. The molecule has 3 N–H and O–H groups in total. The van der Waals surface area contributed by atoms with Gasteiger partial charge in [0.1, 0.15) is 0 Å². The van der Waals surface area contributed by atoms with Gasteiger partial charge in [0.05, 0.1) is 0 Å². The third kappa shape index (κ3) is 7.51. The van der Waals surface area contributed by atoms with Gasteiger partial charge in [-0.2, -0.15) is 0 Å². The zero-order chi connectivity index (χ0) is 16.5.